The van der Waals surface area contributed by atoms with Crippen molar-refractivity contribution in [3.8, 4) is 0 Å². The molecule has 13 heavy (non-hydrogen) atoms. The molecular weight excluding hydrogens is 339 g/mol. The summed E-state index contributed by atoms with van der Waals surface area (Å²) in [5.74, 6) is 0. The van der Waals surface area contributed by atoms with E-state index in [1.165, 1.54) is 12.1 Å². The summed E-state index contributed by atoms with van der Waals surface area (Å²) in [4.78, 5) is -0.142. The van der Waals surface area contributed by atoms with Gasteiger partial charge in [-0.15, -0.1) is 0 Å². The van der Waals surface area contributed by atoms with Crippen LogP contribution >= 0.6 is 31.9 Å². The highest BCUT2D eigenvalue weighted by Crippen LogP contribution is 2.25. The predicted molar refractivity (Wildman–Crippen MR) is 57.4 cm³/mol. The van der Waals surface area contributed by atoms with Gasteiger partial charge in [0.05, 0.1) is 0 Å². The van der Waals surface area contributed by atoms with Gasteiger partial charge in [0.1, 0.15) is 4.90 Å². The minimum Gasteiger partial charge on any atom is -0.282 e. The number of hydrogen-bond acceptors (Lipinski definition) is 2. The Kier molecular flexibility index (Phi) is 5.15. The molecule has 0 atom stereocenters. The van der Waals surface area contributed by atoms with Gasteiger partial charge in [-0.05, 0) is 34.1 Å². The Morgan fingerprint density at radius 2 is 1.77 bits per heavy atom. The molecule has 0 bridgehead atoms. The summed E-state index contributed by atoms with van der Waals surface area (Å²) < 4.78 is 31.1. The van der Waals surface area contributed by atoms with Crippen LogP contribution in [0, 0.1) is 0 Å². The molecule has 0 aliphatic rings. The Balaban J connectivity index is 0.00000144. The van der Waals surface area contributed by atoms with E-state index in [-0.39, 0.29) is 22.3 Å². The molecule has 0 aliphatic carbocycles. The van der Waals surface area contributed by atoms with Crippen molar-refractivity contribution in [1.29, 1.82) is 0 Å². The third kappa shape index (κ3) is 3.70. The van der Waals surface area contributed by atoms with Gasteiger partial charge in [-0.2, -0.15) is 8.42 Å². The topological polar surface area (TPSA) is 54.4 Å². The quantitative estimate of drug-likeness (QED) is 0.628. The van der Waals surface area contributed by atoms with Crippen LogP contribution in [0.25, 0.3) is 0 Å². The monoisotopic (exact) mass is 341 g/mol. The molecule has 3 radical (unpaired) electrons. The van der Waals surface area contributed by atoms with E-state index in [0.717, 1.165) is 0 Å². The Bertz CT molecular complexity index is 404. The number of hydrogen-bond donors (Lipinski definition) is 1. The molecule has 0 fully saturated rings. The lowest BCUT2D eigenvalue weighted by Gasteiger charge is -2.00. The molecule has 1 N–H and O–H groups in total. The van der Waals surface area contributed by atoms with Crippen LogP contribution in [0.5, 0.6) is 0 Å². The van der Waals surface area contributed by atoms with Crippen LogP contribution in [-0.2, 0) is 10.1 Å². The van der Waals surface area contributed by atoms with Crippen LogP contribution in [0.3, 0.4) is 0 Å². The zero-order valence-corrected chi connectivity index (χ0v) is 11.4. The molecule has 0 amide bonds. The maximum Gasteiger partial charge on any atom is 0.295 e. The number of halogens is 2. The van der Waals surface area contributed by atoms with Gasteiger partial charge in [-0.3, -0.25) is 4.55 Å². The van der Waals surface area contributed by atoms with E-state index in [9.17, 15) is 8.42 Å². The largest absolute Gasteiger partial charge is 0.295 e. The summed E-state index contributed by atoms with van der Waals surface area (Å²) in [5, 5.41) is 0. The molecule has 1 aromatic carbocycles. The molecule has 69 valence electrons. The third-order valence-corrected chi connectivity index (χ3v) is 3.51. The predicted octanol–water partition coefficient (Wildman–Crippen LogP) is 2.08. The van der Waals surface area contributed by atoms with E-state index in [4.69, 9.17) is 4.55 Å². The fourth-order valence-electron chi connectivity index (χ4n) is 0.675. The fourth-order valence-corrected chi connectivity index (χ4v) is 2.64. The van der Waals surface area contributed by atoms with Crippen molar-refractivity contribution in [3.05, 3.63) is 27.1 Å². The minimum absolute atomic E-state index is 0. The first kappa shape index (κ1) is 13.6. The van der Waals surface area contributed by atoms with Gasteiger partial charge < -0.3 is 0 Å². The highest BCUT2D eigenvalue weighted by atomic mass is 79.9. The third-order valence-electron chi connectivity index (χ3n) is 1.17. The maximum absolute atomic E-state index is 10.7. The van der Waals surface area contributed by atoms with Gasteiger partial charge in [0.2, 0.25) is 0 Å². The summed E-state index contributed by atoms with van der Waals surface area (Å²) in [6.45, 7) is 0. The average molecular weight is 343 g/mol. The lowest BCUT2D eigenvalue weighted by Crippen LogP contribution is -1.98. The molecule has 3 nitrogen and oxygen atoms in total. The SMILES string of the molecule is O=S(=O)(O)c1cc(Br)ccc1Br.[Al]. The summed E-state index contributed by atoms with van der Waals surface area (Å²) in [6.07, 6.45) is 0. The van der Waals surface area contributed by atoms with Crippen molar-refractivity contribution in [3.63, 3.8) is 0 Å². The first-order valence-electron chi connectivity index (χ1n) is 2.84. The van der Waals surface area contributed by atoms with Gasteiger partial charge >= 0.3 is 0 Å². The Morgan fingerprint density at radius 3 is 2.15 bits per heavy atom. The molecule has 0 saturated carbocycles. The summed E-state index contributed by atoms with van der Waals surface area (Å²) >= 11 is 6.10. The van der Waals surface area contributed by atoms with Gasteiger partial charge in [0, 0.05) is 26.3 Å². The molecule has 7 heteroatoms. The Labute approximate surface area is 104 Å². The van der Waals surface area contributed by atoms with Crippen LogP contribution in [-0.4, -0.2) is 30.3 Å². The molecule has 1 aromatic rings. The Hall–Kier alpha value is 0.622. The smallest absolute Gasteiger partial charge is 0.282 e. The van der Waals surface area contributed by atoms with E-state index in [2.05, 4.69) is 31.9 Å². The van der Waals surface area contributed by atoms with E-state index in [1.54, 1.807) is 6.07 Å². The van der Waals surface area contributed by atoms with Crippen molar-refractivity contribution in [2.45, 2.75) is 4.90 Å². The number of rotatable bonds is 1. The second-order valence-corrected chi connectivity index (χ2v) is 5.21. The van der Waals surface area contributed by atoms with Crippen LogP contribution < -0.4 is 0 Å². The van der Waals surface area contributed by atoms with Crippen LogP contribution in [0.4, 0.5) is 0 Å². The average Bonchev–Trinajstić information content (AvgIpc) is 1.92. The maximum atomic E-state index is 10.7. The first-order valence-corrected chi connectivity index (χ1v) is 5.86. The van der Waals surface area contributed by atoms with Crippen molar-refractivity contribution in [1.82, 2.24) is 0 Å². The van der Waals surface area contributed by atoms with Gasteiger partial charge in [-0.25, -0.2) is 0 Å². The van der Waals surface area contributed by atoms with E-state index < -0.39 is 10.1 Å². The van der Waals surface area contributed by atoms with Gasteiger partial charge in [-0.1, -0.05) is 15.9 Å². The number of benzene rings is 1. The van der Waals surface area contributed by atoms with Gasteiger partial charge in [0.25, 0.3) is 10.1 Å². The zero-order chi connectivity index (χ0) is 9.35. The van der Waals surface area contributed by atoms with E-state index in [1.807, 2.05) is 0 Å². The normalized spacial score (nSPS) is 10.7. The lowest BCUT2D eigenvalue weighted by atomic mass is 10.4. The fraction of sp³-hybridized carbons (Fsp3) is 0. The van der Waals surface area contributed by atoms with Gasteiger partial charge in [0.15, 0.2) is 0 Å². The summed E-state index contributed by atoms with van der Waals surface area (Å²) in [6, 6.07) is 4.52. The van der Waals surface area contributed by atoms with Crippen LogP contribution in [0.15, 0.2) is 32.0 Å². The highest BCUT2D eigenvalue weighted by molar-refractivity contribution is 9.11. The van der Waals surface area contributed by atoms with Crippen LogP contribution in [0.1, 0.15) is 0 Å². The molecule has 1 rings (SSSR count). The van der Waals surface area contributed by atoms with Crippen molar-refractivity contribution < 1.29 is 13.0 Å². The molecule has 0 heterocycles. The Morgan fingerprint density at radius 1 is 1.23 bits per heavy atom. The molecule has 0 spiro atoms. The standard InChI is InChI=1S/C6H4Br2O3S.Al/c7-4-1-2-5(8)6(3-4)12(9,10)11;/h1-3H,(H,9,10,11);. The first-order chi connectivity index (χ1) is 5.41. The minimum atomic E-state index is -4.13. The van der Waals surface area contributed by atoms with E-state index >= 15 is 0 Å². The molecule has 0 unspecified atom stereocenters. The summed E-state index contributed by atoms with van der Waals surface area (Å²) in [7, 11) is -4.13. The second-order valence-electron chi connectivity index (χ2n) is 2.05. The van der Waals surface area contributed by atoms with Crippen molar-refractivity contribution >= 4 is 59.3 Å². The lowest BCUT2D eigenvalue weighted by molar-refractivity contribution is 0.482. The zero-order valence-electron chi connectivity index (χ0n) is 6.24. The molecule has 0 saturated heterocycles. The second kappa shape index (κ2) is 4.92. The molecular formula is C6H4AlBr2O3S. The van der Waals surface area contributed by atoms with E-state index in [0.29, 0.717) is 8.95 Å². The van der Waals surface area contributed by atoms with Crippen LogP contribution in [0.2, 0.25) is 0 Å². The molecule has 0 aliphatic heterocycles. The summed E-state index contributed by atoms with van der Waals surface area (Å²) in [5.41, 5.74) is 0. The van der Waals surface area contributed by atoms with Crippen molar-refractivity contribution in [2.75, 3.05) is 0 Å². The van der Waals surface area contributed by atoms with Crippen molar-refractivity contribution in [2.24, 2.45) is 0 Å². The highest BCUT2D eigenvalue weighted by Gasteiger charge is 2.13. The molecule has 0 aromatic heterocycles.